The normalized spacial score (nSPS) is 15.8. The molecule has 7 nitrogen and oxygen atoms in total. The highest BCUT2D eigenvalue weighted by molar-refractivity contribution is 7.89. The quantitative estimate of drug-likeness (QED) is 0.409. The smallest absolute Gasteiger partial charge is 0.244 e. The molecule has 1 atom stereocenters. The maximum atomic E-state index is 13.1. The molecule has 1 aliphatic rings. The molecule has 0 aliphatic carbocycles. The monoisotopic (exact) mass is 525 g/mol. The van der Waals surface area contributed by atoms with Gasteiger partial charge in [-0.3, -0.25) is 4.90 Å². The molecule has 1 saturated heterocycles. The van der Waals surface area contributed by atoms with Crippen LogP contribution >= 0.6 is 11.6 Å². The van der Waals surface area contributed by atoms with Gasteiger partial charge in [0, 0.05) is 32.7 Å². The lowest BCUT2D eigenvalue weighted by molar-refractivity contribution is 0.00763. The van der Waals surface area contributed by atoms with Gasteiger partial charge in [-0.05, 0) is 47.5 Å². The molecule has 36 heavy (non-hydrogen) atoms. The van der Waals surface area contributed by atoms with Crippen LogP contribution in [0.2, 0.25) is 5.02 Å². The summed E-state index contributed by atoms with van der Waals surface area (Å²) in [6.07, 6.45) is -0.248. The number of benzene rings is 3. The second-order valence-electron chi connectivity index (χ2n) is 8.52. The van der Waals surface area contributed by atoms with Crippen molar-refractivity contribution in [1.29, 1.82) is 5.26 Å². The molecule has 0 unspecified atom stereocenters. The van der Waals surface area contributed by atoms with E-state index in [4.69, 9.17) is 26.3 Å². The third-order valence-corrected chi connectivity index (χ3v) is 8.61. The number of halogens is 1. The third-order valence-electron chi connectivity index (χ3n) is 6.21. The molecular formula is C27H28ClN3O4S. The van der Waals surface area contributed by atoms with Gasteiger partial charge in [0.1, 0.15) is 10.6 Å². The van der Waals surface area contributed by atoms with Gasteiger partial charge in [0.05, 0.1) is 36.5 Å². The van der Waals surface area contributed by atoms with E-state index in [1.165, 1.54) is 4.31 Å². The van der Waals surface area contributed by atoms with Crippen molar-refractivity contribution < 1.29 is 17.9 Å². The average Bonchev–Trinajstić information content (AvgIpc) is 2.91. The molecule has 9 heteroatoms. The van der Waals surface area contributed by atoms with Gasteiger partial charge >= 0.3 is 0 Å². The molecule has 1 fully saturated rings. The Bertz CT molecular complexity index is 1320. The first kappa shape index (κ1) is 26.1. The van der Waals surface area contributed by atoms with E-state index in [0.717, 1.165) is 16.9 Å². The first-order valence-corrected chi connectivity index (χ1v) is 13.4. The van der Waals surface area contributed by atoms with Crippen LogP contribution in [0.1, 0.15) is 22.8 Å². The lowest BCUT2D eigenvalue weighted by atomic mass is 10.1. The zero-order chi connectivity index (χ0) is 25.5. The van der Waals surface area contributed by atoms with Gasteiger partial charge in [-0.2, -0.15) is 9.57 Å². The number of hydrogen-bond donors (Lipinski definition) is 0. The molecule has 0 saturated carbocycles. The van der Waals surface area contributed by atoms with Crippen molar-refractivity contribution in [2.45, 2.75) is 17.6 Å². The summed E-state index contributed by atoms with van der Waals surface area (Å²) in [4.78, 5) is 2.35. The summed E-state index contributed by atoms with van der Waals surface area (Å²) in [5.74, 6) is 0.745. The van der Waals surface area contributed by atoms with E-state index in [-0.39, 0.29) is 16.0 Å². The van der Waals surface area contributed by atoms with Gasteiger partial charge in [-0.15, -0.1) is 0 Å². The summed E-state index contributed by atoms with van der Waals surface area (Å²) in [5.41, 5.74) is 2.55. The van der Waals surface area contributed by atoms with Crippen LogP contribution in [0.15, 0.2) is 77.7 Å². The average molecular weight is 526 g/mol. The van der Waals surface area contributed by atoms with Gasteiger partial charge < -0.3 is 9.47 Å². The Hall–Kier alpha value is -2.93. The molecule has 3 aromatic rings. The van der Waals surface area contributed by atoms with Crippen LogP contribution in [0.3, 0.4) is 0 Å². The number of hydrogen-bond acceptors (Lipinski definition) is 6. The molecule has 0 N–H and O–H groups in total. The minimum absolute atomic E-state index is 0.139. The fourth-order valence-corrected chi connectivity index (χ4v) is 6.06. The molecule has 0 spiro atoms. The van der Waals surface area contributed by atoms with Gasteiger partial charge in [-0.1, -0.05) is 48.0 Å². The minimum atomic E-state index is -3.65. The number of methoxy groups -OCH3 is 1. The molecule has 188 valence electrons. The Kier molecular flexibility index (Phi) is 8.62. The van der Waals surface area contributed by atoms with Gasteiger partial charge in [0.25, 0.3) is 0 Å². The summed E-state index contributed by atoms with van der Waals surface area (Å²) in [6.45, 7) is 2.87. The molecule has 1 heterocycles. The lowest BCUT2D eigenvalue weighted by Crippen LogP contribution is -2.49. The van der Waals surface area contributed by atoms with Crippen LogP contribution in [-0.2, 0) is 21.4 Å². The minimum Gasteiger partial charge on any atom is -0.497 e. The molecule has 0 radical (unpaired) electrons. The topological polar surface area (TPSA) is 82.9 Å². The largest absolute Gasteiger partial charge is 0.497 e. The van der Waals surface area contributed by atoms with Crippen molar-refractivity contribution in [3.05, 3.63) is 94.5 Å². The maximum Gasteiger partial charge on any atom is 0.244 e. The van der Waals surface area contributed by atoms with E-state index in [0.29, 0.717) is 44.9 Å². The highest BCUT2D eigenvalue weighted by atomic mass is 35.5. The highest BCUT2D eigenvalue weighted by Crippen LogP contribution is 2.27. The van der Waals surface area contributed by atoms with E-state index >= 15 is 0 Å². The summed E-state index contributed by atoms with van der Waals surface area (Å²) in [6, 6.07) is 23.8. The van der Waals surface area contributed by atoms with Crippen LogP contribution in [-0.4, -0.2) is 57.5 Å². The Morgan fingerprint density at radius 2 is 1.72 bits per heavy atom. The van der Waals surface area contributed by atoms with Crippen molar-refractivity contribution in [2.24, 2.45) is 0 Å². The molecule has 3 aromatic carbocycles. The van der Waals surface area contributed by atoms with Crippen molar-refractivity contribution in [2.75, 3.05) is 39.8 Å². The molecular weight excluding hydrogens is 498 g/mol. The summed E-state index contributed by atoms with van der Waals surface area (Å²) < 4.78 is 39.4. The zero-order valence-electron chi connectivity index (χ0n) is 20.0. The van der Waals surface area contributed by atoms with E-state index in [9.17, 15) is 8.42 Å². The number of sulfonamides is 1. The predicted molar refractivity (Wildman–Crippen MR) is 138 cm³/mol. The standard InChI is InChI=1S/C27H28ClN3O4S/c1-34-24-6-4-5-23(17-24)26(35-20-22-11-9-21(18-29)10-12-22)19-30-13-15-31(16-14-30)36(32,33)27-8-3-2-7-25(27)28/h2-12,17,26H,13-16,19-20H2,1H3/t26-/m1/s1. The zero-order valence-corrected chi connectivity index (χ0v) is 21.6. The Morgan fingerprint density at radius 1 is 1.00 bits per heavy atom. The molecule has 1 aliphatic heterocycles. The lowest BCUT2D eigenvalue weighted by Gasteiger charge is -2.36. The fourth-order valence-electron chi connectivity index (χ4n) is 4.15. The predicted octanol–water partition coefficient (Wildman–Crippen LogP) is 4.48. The maximum absolute atomic E-state index is 13.1. The van der Waals surface area contributed by atoms with E-state index < -0.39 is 10.0 Å². The number of ether oxygens (including phenoxy) is 2. The first-order valence-electron chi connectivity index (χ1n) is 11.6. The number of rotatable bonds is 9. The molecule has 0 amide bonds. The fraction of sp³-hybridized carbons (Fsp3) is 0.296. The number of nitriles is 1. The van der Waals surface area contributed by atoms with Crippen LogP contribution in [0.4, 0.5) is 0 Å². The van der Waals surface area contributed by atoms with Crippen LogP contribution < -0.4 is 4.74 Å². The third kappa shape index (κ3) is 6.25. The molecule has 0 bridgehead atoms. The van der Waals surface area contributed by atoms with E-state index in [1.807, 2.05) is 36.4 Å². The SMILES string of the molecule is COc1cccc([C@@H](CN2CCN(S(=O)(=O)c3ccccc3Cl)CC2)OCc2ccc(C#N)cc2)c1. The molecule has 0 aromatic heterocycles. The van der Waals surface area contributed by atoms with Crippen molar-refractivity contribution >= 4 is 21.6 Å². The molecule has 4 rings (SSSR count). The Morgan fingerprint density at radius 3 is 2.39 bits per heavy atom. The number of nitrogens with zero attached hydrogens (tertiary/aromatic N) is 3. The van der Waals surface area contributed by atoms with Crippen molar-refractivity contribution in [3.8, 4) is 11.8 Å². The summed E-state index contributed by atoms with van der Waals surface area (Å²) in [5, 5.41) is 9.26. The highest BCUT2D eigenvalue weighted by Gasteiger charge is 2.31. The van der Waals surface area contributed by atoms with Crippen molar-refractivity contribution in [3.63, 3.8) is 0 Å². The van der Waals surface area contributed by atoms with Gasteiger partial charge in [0.2, 0.25) is 10.0 Å². The summed E-state index contributed by atoms with van der Waals surface area (Å²) in [7, 11) is -2.02. The Balaban J connectivity index is 1.44. The van der Waals surface area contributed by atoms with Gasteiger partial charge in [-0.25, -0.2) is 8.42 Å². The van der Waals surface area contributed by atoms with E-state index in [2.05, 4.69) is 11.0 Å². The second kappa shape index (κ2) is 11.9. The van der Waals surface area contributed by atoms with Gasteiger partial charge in [0.15, 0.2) is 0 Å². The van der Waals surface area contributed by atoms with Crippen molar-refractivity contribution in [1.82, 2.24) is 9.21 Å². The van der Waals surface area contributed by atoms with E-state index in [1.54, 1.807) is 43.5 Å². The van der Waals surface area contributed by atoms with Crippen LogP contribution in [0.5, 0.6) is 5.75 Å². The summed E-state index contributed by atoms with van der Waals surface area (Å²) >= 11 is 6.16. The first-order chi connectivity index (χ1) is 17.4. The number of piperazine rings is 1. The van der Waals surface area contributed by atoms with Crippen LogP contribution in [0, 0.1) is 11.3 Å². The van der Waals surface area contributed by atoms with Crippen LogP contribution in [0.25, 0.3) is 0 Å². The Labute approximate surface area is 217 Å². The second-order valence-corrected chi connectivity index (χ2v) is 10.8.